The van der Waals surface area contributed by atoms with Gasteiger partial charge in [0.2, 0.25) is 0 Å². The summed E-state index contributed by atoms with van der Waals surface area (Å²) in [6, 6.07) is 8.44. The second kappa shape index (κ2) is 5.22. The summed E-state index contributed by atoms with van der Waals surface area (Å²) in [5.74, 6) is 1.04. The lowest BCUT2D eigenvalue weighted by Crippen LogP contribution is -2.23. The molecule has 0 radical (unpaired) electrons. The predicted octanol–water partition coefficient (Wildman–Crippen LogP) is 1.64. The molecule has 0 aliphatic heterocycles. The number of nitrogen functional groups attached to an aromatic ring is 1. The Labute approximate surface area is 112 Å². The van der Waals surface area contributed by atoms with Crippen LogP contribution < -0.4 is 16.0 Å². The van der Waals surface area contributed by atoms with Gasteiger partial charge in [0.05, 0.1) is 13.7 Å². The van der Waals surface area contributed by atoms with E-state index in [0.29, 0.717) is 12.4 Å². The van der Waals surface area contributed by atoms with E-state index in [9.17, 15) is 4.79 Å². The summed E-state index contributed by atoms with van der Waals surface area (Å²) in [5.41, 5.74) is 6.27. The molecule has 0 saturated heterocycles. The van der Waals surface area contributed by atoms with Gasteiger partial charge >= 0.3 is 0 Å². The van der Waals surface area contributed by atoms with Crippen molar-refractivity contribution in [1.29, 1.82) is 0 Å². The highest BCUT2D eigenvalue weighted by molar-refractivity contribution is 9.10. The molecule has 0 bridgehead atoms. The van der Waals surface area contributed by atoms with E-state index in [4.69, 9.17) is 10.5 Å². The Kier molecular flexibility index (Phi) is 3.66. The molecule has 0 atom stereocenters. The number of methoxy groups -OCH3 is 1. The van der Waals surface area contributed by atoms with Crippen molar-refractivity contribution in [1.82, 2.24) is 9.78 Å². The van der Waals surface area contributed by atoms with Crippen molar-refractivity contribution in [2.45, 2.75) is 6.54 Å². The molecule has 0 amide bonds. The lowest BCUT2D eigenvalue weighted by molar-refractivity contribution is 0.414. The van der Waals surface area contributed by atoms with Gasteiger partial charge in [-0.1, -0.05) is 15.9 Å². The quantitative estimate of drug-likeness (QED) is 0.936. The number of hydrogen-bond acceptors (Lipinski definition) is 4. The highest BCUT2D eigenvalue weighted by Gasteiger charge is 2.05. The largest absolute Gasteiger partial charge is 0.497 e. The molecule has 0 unspecified atom stereocenters. The number of ether oxygens (including phenoxy) is 1. The standard InChI is InChI=1S/C12H12BrN3O2/c1-18-9-2-3-10(13)8(6-9)7-16-12(17)5-4-11(14)15-16/h2-6H,7H2,1H3,(H2,14,15). The molecule has 6 heteroatoms. The molecule has 2 aromatic rings. The van der Waals surface area contributed by atoms with Crippen LogP contribution in [0.15, 0.2) is 39.6 Å². The summed E-state index contributed by atoms with van der Waals surface area (Å²) >= 11 is 3.43. The van der Waals surface area contributed by atoms with Crippen molar-refractivity contribution >= 4 is 21.7 Å². The van der Waals surface area contributed by atoms with Crippen LogP contribution in [0.3, 0.4) is 0 Å². The average molecular weight is 310 g/mol. The molecule has 0 aliphatic rings. The fourth-order valence-electron chi connectivity index (χ4n) is 1.54. The van der Waals surface area contributed by atoms with Crippen LogP contribution in [-0.4, -0.2) is 16.9 Å². The maximum atomic E-state index is 11.6. The second-order valence-corrected chi connectivity index (χ2v) is 4.57. The molecule has 94 valence electrons. The first-order valence-corrected chi connectivity index (χ1v) is 6.05. The number of benzene rings is 1. The van der Waals surface area contributed by atoms with E-state index in [2.05, 4.69) is 21.0 Å². The third kappa shape index (κ3) is 2.70. The molecule has 0 saturated carbocycles. The van der Waals surface area contributed by atoms with Crippen LogP contribution in [0, 0.1) is 0 Å². The Morgan fingerprint density at radius 3 is 2.89 bits per heavy atom. The van der Waals surface area contributed by atoms with E-state index in [0.717, 1.165) is 15.8 Å². The SMILES string of the molecule is COc1ccc(Br)c(Cn2nc(N)ccc2=O)c1. The molecule has 18 heavy (non-hydrogen) atoms. The molecule has 1 aromatic heterocycles. The minimum atomic E-state index is -0.195. The van der Waals surface area contributed by atoms with Gasteiger partial charge in [-0.15, -0.1) is 0 Å². The Hall–Kier alpha value is -1.82. The maximum Gasteiger partial charge on any atom is 0.267 e. The lowest BCUT2D eigenvalue weighted by Gasteiger charge is -2.09. The van der Waals surface area contributed by atoms with Crippen LogP contribution in [0.5, 0.6) is 5.75 Å². The smallest absolute Gasteiger partial charge is 0.267 e. The number of rotatable bonds is 3. The molecular formula is C12H12BrN3O2. The van der Waals surface area contributed by atoms with E-state index in [-0.39, 0.29) is 5.56 Å². The summed E-state index contributed by atoms with van der Waals surface area (Å²) in [6.07, 6.45) is 0. The Morgan fingerprint density at radius 1 is 1.39 bits per heavy atom. The minimum absolute atomic E-state index is 0.195. The predicted molar refractivity (Wildman–Crippen MR) is 72.7 cm³/mol. The number of halogens is 1. The summed E-state index contributed by atoms with van der Waals surface area (Å²) in [7, 11) is 1.60. The lowest BCUT2D eigenvalue weighted by atomic mass is 10.2. The van der Waals surface area contributed by atoms with Gasteiger partial charge in [-0.3, -0.25) is 4.79 Å². The van der Waals surface area contributed by atoms with Crippen molar-refractivity contribution in [3.8, 4) is 5.75 Å². The van der Waals surface area contributed by atoms with Crippen molar-refractivity contribution in [3.05, 3.63) is 50.7 Å². The van der Waals surface area contributed by atoms with Crippen LogP contribution in [0.25, 0.3) is 0 Å². The van der Waals surface area contributed by atoms with Crippen LogP contribution in [0.2, 0.25) is 0 Å². The van der Waals surface area contributed by atoms with Crippen molar-refractivity contribution in [2.75, 3.05) is 12.8 Å². The van der Waals surface area contributed by atoms with Crippen molar-refractivity contribution in [2.24, 2.45) is 0 Å². The van der Waals surface area contributed by atoms with Crippen LogP contribution >= 0.6 is 15.9 Å². The molecule has 0 aliphatic carbocycles. The van der Waals surface area contributed by atoms with E-state index >= 15 is 0 Å². The van der Waals surface area contributed by atoms with Gasteiger partial charge in [0.25, 0.3) is 5.56 Å². The first-order valence-electron chi connectivity index (χ1n) is 5.26. The molecule has 1 heterocycles. The van der Waals surface area contributed by atoms with Gasteiger partial charge in [-0.05, 0) is 29.8 Å². The van der Waals surface area contributed by atoms with Gasteiger partial charge in [0, 0.05) is 10.5 Å². The maximum absolute atomic E-state index is 11.6. The highest BCUT2D eigenvalue weighted by atomic mass is 79.9. The molecule has 0 spiro atoms. The normalized spacial score (nSPS) is 10.3. The minimum Gasteiger partial charge on any atom is -0.497 e. The van der Waals surface area contributed by atoms with Crippen molar-refractivity contribution in [3.63, 3.8) is 0 Å². The molecule has 2 N–H and O–H groups in total. The molecule has 5 nitrogen and oxygen atoms in total. The monoisotopic (exact) mass is 309 g/mol. The molecule has 1 aromatic carbocycles. The Bertz CT molecular complexity index is 625. The van der Waals surface area contributed by atoms with E-state index in [1.807, 2.05) is 18.2 Å². The topological polar surface area (TPSA) is 70.1 Å². The highest BCUT2D eigenvalue weighted by Crippen LogP contribution is 2.22. The van der Waals surface area contributed by atoms with Crippen LogP contribution in [0.1, 0.15) is 5.56 Å². The number of hydrogen-bond donors (Lipinski definition) is 1. The number of anilines is 1. The van der Waals surface area contributed by atoms with Crippen LogP contribution in [0.4, 0.5) is 5.82 Å². The fraction of sp³-hybridized carbons (Fsp3) is 0.167. The van der Waals surface area contributed by atoms with Gasteiger partial charge in [0.15, 0.2) is 0 Å². The van der Waals surface area contributed by atoms with Gasteiger partial charge in [0.1, 0.15) is 11.6 Å². The summed E-state index contributed by atoms with van der Waals surface area (Å²) < 4.78 is 7.35. The number of aromatic nitrogens is 2. The third-order valence-corrected chi connectivity index (χ3v) is 3.23. The first kappa shape index (κ1) is 12.6. The van der Waals surface area contributed by atoms with Gasteiger partial charge < -0.3 is 10.5 Å². The zero-order valence-corrected chi connectivity index (χ0v) is 11.3. The fourth-order valence-corrected chi connectivity index (χ4v) is 1.91. The summed E-state index contributed by atoms with van der Waals surface area (Å²) in [6.45, 7) is 0.335. The van der Waals surface area contributed by atoms with E-state index in [1.165, 1.54) is 16.8 Å². The van der Waals surface area contributed by atoms with E-state index < -0.39 is 0 Å². The summed E-state index contributed by atoms with van der Waals surface area (Å²) in [4.78, 5) is 11.6. The average Bonchev–Trinajstić information content (AvgIpc) is 2.36. The van der Waals surface area contributed by atoms with Crippen LogP contribution in [-0.2, 0) is 6.54 Å². The van der Waals surface area contributed by atoms with E-state index in [1.54, 1.807) is 7.11 Å². The Morgan fingerprint density at radius 2 is 2.17 bits per heavy atom. The first-order chi connectivity index (χ1) is 8.60. The number of nitrogens with zero attached hydrogens (tertiary/aromatic N) is 2. The summed E-state index contributed by atoms with van der Waals surface area (Å²) in [5, 5.41) is 3.98. The molecular weight excluding hydrogens is 298 g/mol. The molecule has 2 rings (SSSR count). The zero-order valence-electron chi connectivity index (χ0n) is 9.76. The zero-order chi connectivity index (χ0) is 13.1. The van der Waals surface area contributed by atoms with Crippen molar-refractivity contribution < 1.29 is 4.74 Å². The second-order valence-electron chi connectivity index (χ2n) is 3.71. The Balaban J connectivity index is 2.39. The molecule has 0 fully saturated rings. The third-order valence-electron chi connectivity index (χ3n) is 2.46. The van der Waals surface area contributed by atoms with Gasteiger partial charge in [-0.2, -0.15) is 5.10 Å². The number of nitrogens with two attached hydrogens (primary N) is 1. The van der Waals surface area contributed by atoms with Gasteiger partial charge in [-0.25, -0.2) is 4.68 Å².